The van der Waals surface area contributed by atoms with Gasteiger partial charge in [-0.15, -0.1) is 0 Å². The van der Waals surface area contributed by atoms with E-state index in [0.29, 0.717) is 12.3 Å². The molecule has 1 aromatic rings. The van der Waals surface area contributed by atoms with Crippen LogP contribution in [0.5, 0.6) is 5.75 Å². The highest BCUT2D eigenvalue weighted by Gasteiger charge is 2.29. The first-order chi connectivity index (χ1) is 7.09. The summed E-state index contributed by atoms with van der Waals surface area (Å²) in [7, 11) is 1.85. The monoisotopic (exact) mass is 271 g/mol. The van der Waals surface area contributed by atoms with E-state index in [1.54, 1.807) is 0 Å². The molecule has 0 saturated carbocycles. The Labute approximate surface area is 95.6 Å². The predicted octanol–water partition coefficient (Wildman–Crippen LogP) is 1.73. The number of hydrogen-bond acceptors (Lipinski definition) is 3. The first-order valence-electron chi connectivity index (χ1n) is 4.48. The number of anilines is 1. The molecule has 0 radical (unpaired) electrons. The fourth-order valence-electron chi connectivity index (χ4n) is 1.57. The molecule has 1 heterocycles. The van der Waals surface area contributed by atoms with Crippen LogP contribution in [-0.4, -0.2) is 30.8 Å². The number of halogens is 1. The number of carbonyl (C=O) groups is 1. The van der Waals surface area contributed by atoms with Crippen LogP contribution in [0.3, 0.4) is 0 Å². The van der Waals surface area contributed by atoms with Crippen molar-refractivity contribution in [2.45, 2.75) is 6.10 Å². The molecule has 1 aromatic carbocycles. The Kier molecular flexibility index (Phi) is 2.56. The Balaban J connectivity index is 2.41. The van der Waals surface area contributed by atoms with E-state index in [0.717, 1.165) is 10.2 Å². The molecule has 1 aliphatic heterocycles. The first-order valence-corrected chi connectivity index (χ1v) is 5.28. The normalized spacial score (nSPS) is 19.3. The molecule has 2 rings (SSSR count). The summed E-state index contributed by atoms with van der Waals surface area (Å²) in [6.45, 7) is 0.360. The standard InChI is InChI=1S/C10H10BrNO3/c1-12-5-8(10(13)14)15-9-6(11)3-2-4-7(9)12/h2-4,8H,5H2,1H3,(H,13,14). The second kappa shape index (κ2) is 3.73. The maximum absolute atomic E-state index is 10.9. The smallest absolute Gasteiger partial charge is 0.346 e. The molecule has 0 amide bonds. The lowest BCUT2D eigenvalue weighted by molar-refractivity contribution is -0.144. The number of ether oxygens (including phenoxy) is 1. The largest absolute Gasteiger partial charge is 0.478 e. The van der Waals surface area contributed by atoms with Crippen LogP contribution in [-0.2, 0) is 4.79 Å². The number of rotatable bonds is 1. The Hall–Kier alpha value is -1.23. The minimum atomic E-state index is -0.941. The molecule has 15 heavy (non-hydrogen) atoms. The number of hydrogen-bond donors (Lipinski definition) is 1. The van der Waals surface area contributed by atoms with Gasteiger partial charge in [0, 0.05) is 7.05 Å². The van der Waals surface area contributed by atoms with E-state index in [9.17, 15) is 4.79 Å². The average molecular weight is 272 g/mol. The topological polar surface area (TPSA) is 49.8 Å². The van der Waals surface area contributed by atoms with Gasteiger partial charge in [0.05, 0.1) is 16.7 Å². The number of fused-ring (bicyclic) bond motifs is 1. The highest BCUT2D eigenvalue weighted by atomic mass is 79.9. The lowest BCUT2D eigenvalue weighted by atomic mass is 10.2. The van der Waals surface area contributed by atoms with Gasteiger partial charge in [0.15, 0.2) is 5.75 Å². The van der Waals surface area contributed by atoms with Crippen molar-refractivity contribution in [3.63, 3.8) is 0 Å². The first kappa shape index (κ1) is 10.3. The number of carboxylic acid groups (broad SMARTS) is 1. The van der Waals surface area contributed by atoms with Crippen LogP contribution in [0.4, 0.5) is 5.69 Å². The van der Waals surface area contributed by atoms with Crippen molar-refractivity contribution >= 4 is 27.6 Å². The molecule has 1 unspecified atom stereocenters. The van der Waals surface area contributed by atoms with Crippen LogP contribution in [0.15, 0.2) is 22.7 Å². The number of nitrogens with zero attached hydrogens (tertiary/aromatic N) is 1. The van der Waals surface area contributed by atoms with E-state index in [4.69, 9.17) is 9.84 Å². The minimum Gasteiger partial charge on any atom is -0.478 e. The van der Waals surface area contributed by atoms with Crippen molar-refractivity contribution in [1.29, 1.82) is 0 Å². The van der Waals surface area contributed by atoms with Crippen molar-refractivity contribution in [3.05, 3.63) is 22.7 Å². The molecule has 0 spiro atoms. The number of likely N-dealkylation sites (N-methyl/N-ethyl adjacent to an activating group) is 1. The number of para-hydroxylation sites is 1. The zero-order valence-electron chi connectivity index (χ0n) is 8.11. The Bertz CT molecular complexity index is 408. The van der Waals surface area contributed by atoms with Crippen LogP contribution in [0, 0.1) is 0 Å². The van der Waals surface area contributed by atoms with E-state index in [-0.39, 0.29) is 0 Å². The van der Waals surface area contributed by atoms with Crippen LogP contribution < -0.4 is 9.64 Å². The molecule has 1 N–H and O–H groups in total. The maximum atomic E-state index is 10.9. The van der Waals surface area contributed by atoms with Gasteiger partial charge in [-0.05, 0) is 28.1 Å². The van der Waals surface area contributed by atoms with Crippen molar-refractivity contribution < 1.29 is 14.6 Å². The molecular weight excluding hydrogens is 262 g/mol. The third kappa shape index (κ3) is 1.79. The van der Waals surface area contributed by atoms with Crippen molar-refractivity contribution in [2.24, 2.45) is 0 Å². The molecule has 80 valence electrons. The molecule has 0 aliphatic carbocycles. The third-order valence-corrected chi connectivity index (χ3v) is 2.96. The van der Waals surface area contributed by atoms with Crippen LogP contribution in [0.25, 0.3) is 0 Å². The molecule has 1 atom stereocenters. The summed E-state index contributed by atoms with van der Waals surface area (Å²) >= 11 is 3.34. The molecule has 0 aromatic heterocycles. The van der Waals surface area contributed by atoms with E-state index in [1.165, 1.54) is 0 Å². The molecule has 4 nitrogen and oxygen atoms in total. The van der Waals surface area contributed by atoms with Gasteiger partial charge in [-0.1, -0.05) is 6.07 Å². The second-order valence-electron chi connectivity index (χ2n) is 3.41. The van der Waals surface area contributed by atoms with Gasteiger partial charge in [-0.3, -0.25) is 0 Å². The van der Waals surface area contributed by atoms with Crippen molar-refractivity contribution in [1.82, 2.24) is 0 Å². The van der Waals surface area contributed by atoms with Crippen molar-refractivity contribution in [2.75, 3.05) is 18.5 Å². The van der Waals surface area contributed by atoms with Gasteiger partial charge < -0.3 is 14.7 Å². The Morgan fingerprint density at radius 2 is 2.40 bits per heavy atom. The molecule has 0 saturated heterocycles. The maximum Gasteiger partial charge on any atom is 0.346 e. The van der Waals surface area contributed by atoms with E-state index in [2.05, 4.69) is 15.9 Å². The lowest BCUT2D eigenvalue weighted by Gasteiger charge is -2.32. The molecule has 0 bridgehead atoms. The summed E-state index contributed by atoms with van der Waals surface area (Å²) in [6, 6.07) is 5.62. The molecule has 0 fully saturated rings. The lowest BCUT2D eigenvalue weighted by Crippen LogP contribution is -2.42. The van der Waals surface area contributed by atoms with E-state index in [1.807, 2.05) is 30.1 Å². The van der Waals surface area contributed by atoms with Gasteiger partial charge in [-0.2, -0.15) is 0 Å². The summed E-state index contributed by atoms with van der Waals surface area (Å²) in [5.41, 5.74) is 0.905. The minimum absolute atomic E-state index is 0.360. The highest BCUT2D eigenvalue weighted by molar-refractivity contribution is 9.10. The average Bonchev–Trinajstić information content (AvgIpc) is 2.19. The Morgan fingerprint density at radius 1 is 1.67 bits per heavy atom. The number of aliphatic carboxylic acids is 1. The summed E-state index contributed by atoms with van der Waals surface area (Å²) < 4.78 is 6.18. The predicted molar refractivity (Wildman–Crippen MR) is 59.5 cm³/mol. The highest BCUT2D eigenvalue weighted by Crippen LogP contribution is 2.38. The molecule has 1 aliphatic rings. The number of carboxylic acids is 1. The van der Waals surface area contributed by atoms with Gasteiger partial charge in [-0.25, -0.2) is 4.79 Å². The zero-order valence-corrected chi connectivity index (χ0v) is 9.69. The van der Waals surface area contributed by atoms with Gasteiger partial charge >= 0.3 is 5.97 Å². The molecule has 5 heteroatoms. The van der Waals surface area contributed by atoms with Crippen molar-refractivity contribution in [3.8, 4) is 5.75 Å². The van der Waals surface area contributed by atoms with E-state index < -0.39 is 12.1 Å². The summed E-state index contributed by atoms with van der Waals surface area (Å²) in [4.78, 5) is 12.7. The molecular formula is C10H10BrNO3. The fourth-order valence-corrected chi connectivity index (χ4v) is 2.02. The SMILES string of the molecule is CN1CC(C(=O)O)Oc2c(Br)cccc21. The second-order valence-corrected chi connectivity index (χ2v) is 4.27. The van der Waals surface area contributed by atoms with Crippen LogP contribution in [0.2, 0.25) is 0 Å². The Morgan fingerprint density at radius 3 is 3.07 bits per heavy atom. The van der Waals surface area contributed by atoms with Crippen LogP contribution in [0.1, 0.15) is 0 Å². The van der Waals surface area contributed by atoms with Gasteiger partial charge in [0.25, 0.3) is 0 Å². The zero-order chi connectivity index (χ0) is 11.0. The summed E-state index contributed by atoms with van der Waals surface area (Å²) in [6.07, 6.45) is -0.804. The van der Waals surface area contributed by atoms with Gasteiger partial charge in [0.2, 0.25) is 6.10 Å². The summed E-state index contributed by atoms with van der Waals surface area (Å²) in [5, 5.41) is 8.91. The van der Waals surface area contributed by atoms with Gasteiger partial charge in [0.1, 0.15) is 0 Å². The number of benzene rings is 1. The quantitative estimate of drug-likeness (QED) is 0.845. The summed E-state index contributed by atoms with van der Waals surface area (Å²) in [5.74, 6) is -0.345. The van der Waals surface area contributed by atoms with E-state index >= 15 is 0 Å². The third-order valence-electron chi connectivity index (χ3n) is 2.33. The van der Waals surface area contributed by atoms with Crippen LogP contribution >= 0.6 is 15.9 Å². The fraction of sp³-hybridized carbons (Fsp3) is 0.300.